The summed E-state index contributed by atoms with van der Waals surface area (Å²) in [7, 11) is 0. The van der Waals surface area contributed by atoms with E-state index in [1.807, 2.05) is 12.1 Å². The van der Waals surface area contributed by atoms with Crippen LogP contribution < -0.4 is 10.2 Å². The lowest BCUT2D eigenvalue weighted by atomic mass is 10.2. The number of anilines is 2. The maximum Gasteiger partial charge on any atom is 0.422 e. The van der Waals surface area contributed by atoms with Gasteiger partial charge >= 0.3 is 12.3 Å². The van der Waals surface area contributed by atoms with E-state index in [1.165, 1.54) is 0 Å². The molecule has 1 heterocycles. The van der Waals surface area contributed by atoms with E-state index in [2.05, 4.69) is 15.0 Å². The first-order chi connectivity index (χ1) is 9.44. The largest absolute Gasteiger partial charge is 0.440 e. The van der Waals surface area contributed by atoms with Gasteiger partial charge in [0.15, 0.2) is 6.61 Å². The molecule has 2 rings (SSSR count). The van der Waals surface area contributed by atoms with Gasteiger partial charge in [0, 0.05) is 24.5 Å². The number of rotatable bonds is 3. The van der Waals surface area contributed by atoms with Crippen LogP contribution in [0.25, 0.3) is 0 Å². The molecule has 0 atom stereocenters. The predicted octanol–water partition coefficient (Wildman–Crippen LogP) is 3.40. The summed E-state index contributed by atoms with van der Waals surface area (Å²) in [5, 5.41) is 2.25. The van der Waals surface area contributed by atoms with Crippen molar-refractivity contribution in [3.05, 3.63) is 24.3 Å². The zero-order valence-corrected chi connectivity index (χ0v) is 10.7. The zero-order valence-electron chi connectivity index (χ0n) is 10.7. The summed E-state index contributed by atoms with van der Waals surface area (Å²) in [6.45, 7) is 0.408. The van der Waals surface area contributed by atoms with Crippen LogP contribution in [0.5, 0.6) is 0 Å². The van der Waals surface area contributed by atoms with E-state index in [1.54, 1.807) is 12.1 Å². The molecule has 0 bridgehead atoms. The van der Waals surface area contributed by atoms with Gasteiger partial charge in [-0.05, 0) is 37.1 Å². The smallest absolute Gasteiger partial charge is 0.422 e. The van der Waals surface area contributed by atoms with Crippen LogP contribution in [0.1, 0.15) is 12.8 Å². The Kier molecular flexibility index (Phi) is 4.36. The van der Waals surface area contributed by atoms with Crippen LogP contribution in [-0.2, 0) is 4.74 Å². The van der Waals surface area contributed by atoms with E-state index in [4.69, 9.17) is 0 Å². The van der Waals surface area contributed by atoms with Crippen molar-refractivity contribution in [2.45, 2.75) is 19.0 Å². The quantitative estimate of drug-likeness (QED) is 0.927. The minimum Gasteiger partial charge on any atom is -0.440 e. The lowest BCUT2D eigenvalue weighted by molar-refractivity contribution is -0.159. The number of carbonyl (C=O) groups is 1. The van der Waals surface area contributed by atoms with Crippen LogP contribution in [0, 0.1) is 0 Å². The molecule has 1 saturated heterocycles. The fourth-order valence-corrected chi connectivity index (χ4v) is 2.03. The van der Waals surface area contributed by atoms with E-state index < -0.39 is 18.9 Å². The van der Waals surface area contributed by atoms with Gasteiger partial charge in [-0.3, -0.25) is 5.32 Å². The Morgan fingerprint density at radius 3 is 2.35 bits per heavy atom. The van der Waals surface area contributed by atoms with Crippen molar-refractivity contribution >= 4 is 17.5 Å². The van der Waals surface area contributed by atoms with Gasteiger partial charge in [0.25, 0.3) is 0 Å². The number of carbonyl (C=O) groups excluding carboxylic acids is 1. The summed E-state index contributed by atoms with van der Waals surface area (Å²) >= 11 is 0. The highest BCUT2D eigenvalue weighted by molar-refractivity contribution is 5.84. The van der Waals surface area contributed by atoms with Gasteiger partial charge in [0.05, 0.1) is 0 Å². The van der Waals surface area contributed by atoms with Gasteiger partial charge in [-0.1, -0.05) is 0 Å². The summed E-state index contributed by atoms with van der Waals surface area (Å²) < 4.78 is 39.7. The molecule has 1 fully saturated rings. The van der Waals surface area contributed by atoms with Crippen LogP contribution in [0.3, 0.4) is 0 Å². The standard InChI is InChI=1S/C13H15F3N2O2/c14-13(15,16)9-20-12(19)17-10-3-5-11(6-4-10)18-7-1-2-8-18/h3-6H,1-2,7-9H2,(H,17,19). The number of halogens is 3. The molecule has 1 aromatic carbocycles. The van der Waals surface area contributed by atoms with Gasteiger partial charge < -0.3 is 9.64 Å². The first kappa shape index (κ1) is 14.5. The highest BCUT2D eigenvalue weighted by Crippen LogP contribution is 2.22. The lowest BCUT2D eigenvalue weighted by Crippen LogP contribution is -2.23. The van der Waals surface area contributed by atoms with E-state index in [0.29, 0.717) is 5.69 Å². The number of nitrogens with zero attached hydrogens (tertiary/aromatic N) is 1. The maximum atomic E-state index is 11.9. The number of benzene rings is 1. The number of ether oxygens (including phenoxy) is 1. The van der Waals surface area contributed by atoms with Gasteiger partial charge in [0.2, 0.25) is 0 Å². The fourth-order valence-electron chi connectivity index (χ4n) is 2.03. The molecule has 4 nitrogen and oxygen atoms in total. The molecule has 1 aliphatic heterocycles. The number of nitrogens with one attached hydrogen (secondary N) is 1. The third-order valence-electron chi connectivity index (χ3n) is 2.95. The van der Waals surface area contributed by atoms with Gasteiger partial charge in [0.1, 0.15) is 0 Å². The number of hydrogen-bond donors (Lipinski definition) is 1. The Morgan fingerprint density at radius 2 is 1.80 bits per heavy atom. The van der Waals surface area contributed by atoms with Crippen molar-refractivity contribution in [3.8, 4) is 0 Å². The number of hydrogen-bond acceptors (Lipinski definition) is 3. The Bertz CT molecular complexity index is 454. The lowest BCUT2D eigenvalue weighted by Gasteiger charge is -2.17. The fraction of sp³-hybridized carbons (Fsp3) is 0.462. The molecule has 1 aromatic rings. The Labute approximate surface area is 114 Å². The highest BCUT2D eigenvalue weighted by atomic mass is 19.4. The van der Waals surface area contributed by atoms with Crippen LogP contribution >= 0.6 is 0 Å². The van der Waals surface area contributed by atoms with Crippen LogP contribution in [0.4, 0.5) is 29.3 Å². The third kappa shape index (κ3) is 4.32. The minimum absolute atomic E-state index is 0.403. The Balaban J connectivity index is 1.85. The van der Waals surface area contributed by atoms with Crippen molar-refractivity contribution in [1.29, 1.82) is 0 Å². The topological polar surface area (TPSA) is 41.6 Å². The van der Waals surface area contributed by atoms with E-state index in [-0.39, 0.29) is 0 Å². The second-order valence-corrected chi connectivity index (χ2v) is 4.56. The average molecular weight is 288 g/mol. The molecule has 1 amide bonds. The zero-order chi connectivity index (χ0) is 14.6. The summed E-state index contributed by atoms with van der Waals surface area (Å²) in [6, 6.07) is 6.93. The van der Waals surface area contributed by atoms with Crippen LogP contribution in [0.15, 0.2) is 24.3 Å². The van der Waals surface area contributed by atoms with Crippen molar-refractivity contribution in [2.75, 3.05) is 29.9 Å². The highest BCUT2D eigenvalue weighted by Gasteiger charge is 2.29. The molecule has 1 aliphatic rings. The molecule has 0 radical (unpaired) electrons. The molecule has 110 valence electrons. The number of alkyl halides is 3. The second-order valence-electron chi connectivity index (χ2n) is 4.56. The minimum atomic E-state index is -4.52. The molecule has 0 saturated carbocycles. The summed E-state index contributed by atoms with van der Waals surface area (Å²) in [5.41, 5.74) is 1.44. The molecule has 20 heavy (non-hydrogen) atoms. The Hall–Kier alpha value is -1.92. The third-order valence-corrected chi connectivity index (χ3v) is 2.95. The first-order valence-corrected chi connectivity index (χ1v) is 6.29. The van der Waals surface area contributed by atoms with Gasteiger partial charge in [-0.2, -0.15) is 13.2 Å². The summed E-state index contributed by atoms with van der Waals surface area (Å²) in [4.78, 5) is 13.4. The average Bonchev–Trinajstić information content (AvgIpc) is 2.90. The molecule has 7 heteroatoms. The van der Waals surface area contributed by atoms with E-state index in [9.17, 15) is 18.0 Å². The van der Waals surface area contributed by atoms with E-state index >= 15 is 0 Å². The van der Waals surface area contributed by atoms with Crippen LogP contribution in [-0.4, -0.2) is 32.0 Å². The van der Waals surface area contributed by atoms with Gasteiger partial charge in [-0.15, -0.1) is 0 Å². The van der Waals surface area contributed by atoms with Crippen LogP contribution in [0.2, 0.25) is 0 Å². The first-order valence-electron chi connectivity index (χ1n) is 6.29. The summed E-state index contributed by atoms with van der Waals surface area (Å²) in [6.07, 6.45) is -3.32. The van der Waals surface area contributed by atoms with Crippen molar-refractivity contribution < 1.29 is 22.7 Å². The molecular formula is C13H15F3N2O2. The maximum absolute atomic E-state index is 11.9. The molecule has 0 aliphatic carbocycles. The molecule has 0 aromatic heterocycles. The Morgan fingerprint density at radius 1 is 1.20 bits per heavy atom. The van der Waals surface area contributed by atoms with Crippen molar-refractivity contribution in [3.63, 3.8) is 0 Å². The van der Waals surface area contributed by atoms with Crippen molar-refractivity contribution in [2.24, 2.45) is 0 Å². The number of amides is 1. The molecule has 0 spiro atoms. The molecule has 0 unspecified atom stereocenters. The normalized spacial score (nSPS) is 15.2. The predicted molar refractivity (Wildman–Crippen MR) is 68.9 cm³/mol. The molecular weight excluding hydrogens is 273 g/mol. The SMILES string of the molecule is O=C(Nc1ccc(N2CCCC2)cc1)OCC(F)(F)F. The summed E-state index contributed by atoms with van der Waals surface area (Å²) in [5.74, 6) is 0. The second kappa shape index (κ2) is 6.02. The molecule has 1 N–H and O–H groups in total. The monoisotopic (exact) mass is 288 g/mol. The van der Waals surface area contributed by atoms with Gasteiger partial charge in [-0.25, -0.2) is 4.79 Å². The van der Waals surface area contributed by atoms with Crippen molar-refractivity contribution in [1.82, 2.24) is 0 Å². The van der Waals surface area contributed by atoms with E-state index in [0.717, 1.165) is 31.6 Å².